The Morgan fingerprint density at radius 1 is 0.957 bits per heavy atom. The first-order valence-electron chi connectivity index (χ1n) is 7.09. The van der Waals surface area contributed by atoms with Gasteiger partial charge in [-0.2, -0.15) is 0 Å². The lowest BCUT2D eigenvalue weighted by Crippen LogP contribution is -2.19. The van der Waals surface area contributed by atoms with Gasteiger partial charge in [-0.1, -0.05) is 0 Å². The van der Waals surface area contributed by atoms with Gasteiger partial charge in [0.15, 0.2) is 5.57 Å². The second-order valence-corrected chi connectivity index (χ2v) is 4.24. The number of nitrogens with one attached hydrogen (secondary N) is 1. The first-order valence-corrected chi connectivity index (χ1v) is 7.09. The number of rotatable bonds is 8. The molecule has 0 fully saturated rings. The number of hydrogen-bond acceptors (Lipinski definition) is 7. The normalized spacial score (nSPS) is 9.57. The van der Waals surface area contributed by atoms with E-state index in [-0.39, 0.29) is 18.8 Å². The van der Waals surface area contributed by atoms with Crippen molar-refractivity contribution in [1.29, 1.82) is 0 Å². The van der Waals surface area contributed by atoms with E-state index in [1.54, 1.807) is 32.0 Å². The smallest absolute Gasteiger partial charge is 0.347 e. The molecular weight excluding hydrogens is 302 g/mol. The van der Waals surface area contributed by atoms with Gasteiger partial charge >= 0.3 is 11.9 Å². The van der Waals surface area contributed by atoms with E-state index < -0.39 is 11.9 Å². The predicted octanol–water partition coefficient (Wildman–Crippen LogP) is 2.13. The maximum absolute atomic E-state index is 11.8. The first kappa shape index (κ1) is 18.3. The SMILES string of the molecule is CCOC(=O)C(=CNc1cc(OC)cc(OC)c1)C(=O)OCC. The highest BCUT2D eigenvalue weighted by atomic mass is 16.6. The van der Waals surface area contributed by atoms with Crippen LogP contribution >= 0.6 is 0 Å². The third-order valence-electron chi connectivity index (χ3n) is 2.73. The number of esters is 2. The molecule has 1 aromatic carbocycles. The van der Waals surface area contributed by atoms with Crippen LogP contribution < -0.4 is 14.8 Å². The van der Waals surface area contributed by atoms with Gasteiger partial charge in [-0.3, -0.25) is 0 Å². The number of methoxy groups -OCH3 is 2. The molecular formula is C16H21NO6. The second-order valence-electron chi connectivity index (χ2n) is 4.24. The Morgan fingerprint density at radius 3 is 1.83 bits per heavy atom. The molecule has 1 rings (SSSR count). The largest absolute Gasteiger partial charge is 0.497 e. The summed E-state index contributed by atoms with van der Waals surface area (Å²) in [4.78, 5) is 23.7. The molecule has 7 heteroatoms. The second kappa shape index (κ2) is 9.34. The summed E-state index contributed by atoms with van der Waals surface area (Å²) in [6, 6.07) is 5.08. The van der Waals surface area contributed by atoms with Crippen molar-refractivity contribution in [3.63, 3.8) is 0 Å². The van der Waals surface area contributed by atoms with Crippen molar-refractivity contribution >= 4 is 17.6 Å². The molecule has 0 aliphatic rings. The molecule has 126 valence electrons. The van der Waals surface area contributed by atoms with E-state index in [0.717, 1.165) is 0 Å². The highest BCUT2D eigenvalue weighted by Crippen LogP contribution is 2.25. The first-order chi connectivity index (χ1) is 11.0. The summed E-state index contributed by atoms with van der Waals surface area (Å²) in [6.45, 7) is 3.62. The van der Waals surface area contributed by atoms with Crippen LogP contribution in [0.25, 0.3) is 0 Å². The monoisotopic (exact) mass is 323 g/mol. The fraction of sp³-hybridized carbons (Fsp3) is 0.375. The number of benzene rings is 1. The number of carbonyl (C=O) groups is 2. The van der Waals surface area contributed by atoms with Gasteiger partial charge in [0.05, 0.1) is 27.4 Å². The number of hydrogen-bond donors (Lipinski definition) is 1. The highest BCUT2D eigenvalue weighted by molar-refractivity contribution is 6.14. The van der Waals surface area contributed by atoms with E-state index in [1.165, 1.54) is 20.4 Å². The van der Waals surface area contributed by atoms with Gasteiger partial charge in [-0.05, 0) is 13.8 Å². The summed E-state index contributed by atoms with van der Waals surface area (Å²) in [5.74, 6) is -0.384. The van der Waals surface area contributed by atoms with Gasteiger partial charge in [0.2, 0.25) is 0 Å². The lowest BCUT2D eigenvalue weighted by Gasteiger charge is -2.10. The van der Waals surface area contributed by atoms with Crippen molar-refractivity contribution in [1.82, 2.24) is 0 Å². The lowest BCUT2D eigenvalue weighted by molar-refractivity contribution is -0.146. The van der Waals surface area contributed by atoms with E-state index >= 15 is 0 Å². The third-order valence-corrected chi connectivity index (χ3v) is 2.73. The predicted molar refractivity (Wildman–Crippen MR) is 84.5 cm³/mol. The summed E-state index contributed by atoms with van der Waals surface area (Å²) in [5, 5.41) is 2.85. The van der Waals surface area contributed by atoms with Crippen LogP contribution in [0.3, 0.4) is 0 Å². The quantitative estimate of drug-likeness (QED) is 0.339. The molecule has 23 heavy (non-hydrogen) atoms. The molecule has 0 unspecified atom stereocenters. The van der Waals surface area contributed by atoms with Gasteiger partial charge in [-0.25, -0.2) is 9.59 Å². The molecule has 0 aromatic heterocycles. The Balaban J connectivity index is 3.03. The highest BCUT2D eigenvalue weighted by Gasteiger charge is 2.20. The van der Waals surface area contributed by atoms with Crippen LogP contribution in [0.1, 0.15) is 13.8 Å². The summed E-state index contributed by atoms with van der Waals surface area (Å²) in [5.41, 5.74) is 0.350. The van der Waals surface area contributed by atoms with Crippen molar-refractivity contribution < 1.29 is 28.5 Å². The molecule has 0 heterocycles. The summed E-state index contributed by atoms with van der Waals surface area (Å²) >= 11 is 0. The Kier molecular flexibility index (Phi) is 7.45. The molecule has 0 saturated heterocycles. The molecule has 0 aliphatic carbocycles. The minimum Gasteiger partial charge on any atom is -0.497 e. The lowest BCUT2D eigenvalue weighted by atomic mass is 10.2. The molecule has 0 amide bonds. The summed E-state index contributed by atoms with van der Waals surface area (Å²) in [6.07, 6.45) is 1.24. The van der Waals surface area contributed by atoms with Crippen molar-refractivity contribution in [2.45, 2.75) is 13.8 Å². The van der Waals surface area contributed by atoms with Crippen LogP contribution in [0.15, 0.2) is 30.0 Å². The molecule has 0 spiro atoms. The zero-order valence-electron chi connectivity index (χ0n) is 13.7. The molecule has 0 atom stereocenters. The van der Waals surface area contributed by atoms with E-state index in [9.17, 15) is 9.59 Å². The maximum Gasteiger partial charge on any atom is 0.347 e. The Hall–Kier alpha value is -2.70. The van der Waals surface area contributed by atoms with Gasteiger partial charge in [0, 0.05) is 30.1 Å². The fourth-order valence-corrected chi connectivity index (χ4v) is 1.67. The average Bonchev–Trinajstić information content (AvgIpc) is 2.55. The van der Waals surface area contributed by atoms with Crippen LogP contribution in [-0.4, -0.2) is 39.4 Å². The van der Waals surface area contributed by atoms with Crippen molar-refractivity contribution in [3.05, 3.63) is 30.0 Å². The minimum absolute atomic E-state index is 0.155. The molecule has 0 saturated carbocycles. The Morgan fingerprint density at radius 2 is 1.43 bits per heavy atom. The fourth-order valence-electron chi connectivity index (χ4n) is 1.67. The van der Waals surface area contributed by atoms with E-state index in [0.29, 0.717) is 17.2 Å². The van der Waals surface area contributed by atoms with Gasteiger partial charge in [0.1, 0.15) is 11.5 Å². The van der Waals surface area contributed by atoms with E-state index in [4.69, 9.17) is 18.9 Å². The van der Waals surface area contributed by atoms with Crippen molar-refractivity contribution in [2.24, 2.45) is 0 Å². The van der Waals surface area contributed by atoms with Crippen LogP contribution in [0.4, 0.5) is 5.69 Å². The average molecular weight is 323 g/mol. The van der Waals surface area contributed by atoms with Gasteiger partial charge in [0.25, 0.3) is 0 Å². The van der Waals surface area contributed by atoms with Crippen molar-refractivity contribution in [3.8, 4) is 11.5 Å². The van der Waals surface area contributed by atoms with Gasteiger partial charge < -0.3 is 24.3 Å². The van der Waals surface area contributed by atoms with E-state index in [2.05, 4.69) is 5.32 Å². The van der Waals surface area contributed by atoms with Crippen LogP contribution in [-0.2, 0) is 19.1 Å². The summed E-state index contributed by atoms with van der Waals surface area (Å²) in [7, 11) is 3.05. The maximum atomic E-state index is 11.8. The molecule has 0 radical (unpaired) electrons. The zero-order chi connectivity index (χ0) is 17.2. The van der Waals surface area contributed by atoms with Gasteiger partial charge in [-0.15, -0.1) is 0 Å². The molecule has 7 nitrogen and oxygen atoms in total. The molecule has 0 aliphatic heterocycles. The molecule has 0 bridgehead atoms. The zero-order valence-corrected chi connectivity index (χ0v) is 13.7. The minimum atomic E-state index is -0.756. The Bertz CT molecular complexity index is 540. The Labute approximate surface area is 135 Å². The third kappa shape index (κ3) is 5.54. The standard InChI is InChI=1S/C16H21NO6/c1-5-22-15(18)14(16(19)23-6-2)10-17-11-7-12(20-3)9-13(8-11)21-4/h7-10,17H,5-6H2,1-4H3. The number of carbonyl (C=O) groups excluding carboxylic acids is 2. The molecule has 1 aromatic rings. The number of ether oxygens (including phenoxy) is 4. The van der Waals surface area contributed by atoms with Crippen LogP contribution in [0.2, 0.25) is 0 Å². The molecule has 1 N–H and O–H groups in total. The number of anilines is 1. The van der Waals surface area contributed by atoms with E-state index in [1.807, 2.05) is 0 Å². The van der Waals surface area contributed by atoms with Crippen LogP contribution in [0, 0.1) is 0 Å². The van der Waals surface area contributed by atoms with Crippen molar-refractivity contribution in [2.75, 3.05) is 32.8 Å². The summed E-state index contributed by atoms with van der Waals surface area (Å²) < 4.78 is 20.0. The topological polar surface area (TPSA) is 83.1 Å². The van der Waals surface area contributed by atoms with Crippen LogP contribution in [0.5, 0.6) is 11.5 Å².